The van der Waals surface area contributed by atoms with Gasteiger partial charge in [-0.3, -0.25) is 4.79 Å². The first-order valence-corrected chi connectivity index (χ1v) is 7.53. The predicted octanol–water partition coefficient (Wildman–Crippen LogP) is 2.50. The van der Waals surface area contributed by atoms with E-state index in [2.05, 4.69) is 15.4 Å². The summed E-state index contributed by atoms with van der Waals surface area (Å²) < 4.78 is 28.7. The van der Waals surface area contributed by atoms with Crippen molar-refractivity contribution >= 4 is 17.5 Å². The molecule has 128 valence electrons. The van der Waals surface area contributed by atoms with Gasteiger partial charge in [-0.15, -0.1) is 10.2 Å². The molecule has 0 fully saturated rings. The zero-order valence-corrected chi connectivity index (χ0v) is 13.8. The standard InChI is InChI=1S/C16H12ClF2N5O/c1-24-22-16(21-23-24)15-11(6-10(17)7-13(15)19)8-2-3-9(5-14(20)25)12(18)4-8/h2-4,6-7H,5H2,1H3,(H2,20,25). The molecule has 25 heavy (non-hydrogen) atoms. The van der Waals surface area contributed by atoms with Crippen LogP contribution in [0.3, 0.4) is 0 Å². The Morgan fingerprint density at radius 2 is 2.00 bits per heavy atom. The van der Waals surface area contributed by atoms with Gasteiger partial charge in [-0.1, -0.05) is 23.7 Å². The van der Waals surface area contributed by atoms with Crippen molar-refractivity contribution in [2.45, 2.75) is 6.42 Å². The van der Waals surface area contributed by atoms with Gasteiger partial charge < -0.3 is 5.73 Å². The quantitative estimate of drug-likeness (QED) is 0.771. The summed E-state index contributed by atoms with van der Waals surface area (Å²) in [6.07, 6.45) is -0.228. The number of carbonyl (C=O) groups excluding carboxylic acids is 1. The lowest BCUT2D eigenvalue weighted by Crippen LogP contribution is -2.14. The number of hydrogen-bond donors (Lipinski definition) is 1. The normalized spacial score (nSPS) is 10.9. The maximum atomic E-state index is 14.5. The van der Waals surface area contributed by atoms with Crippen molar-refractivity contribution in [3.63, 3.8) is 0 Å². The van der Waals surface area contributed by atoms with Gasteiger partial charge >= 0.3 is 0 Å². The van der Waals surface area contributed by atoms with E-state index < -0.39 is 17.5 Å². The van der Waals surface area contributed by atoms with Crippen LogP contribution in [-0.2, 0) is 18.3 Å². The van der Waals surface area contributed by atoms with E-state index >= 15 is 0 Å². The molecule has 0 saturated carbocycles. The van der Waals surface area contributed by atoms with Crippen LogP contribution >= 0.6 is 11.6 Å². The monoisotopic (exact) mass is 363 g/mol. The van der Waals surface area contributed by atoms with Gasteiger partial charge in [0.15, 0.2) is 0 Å². The number of nitrogens with zero attached hydrogens (tertiary/aromatic N) is 4. The van der Waals surface area contributed by atoms with Gasteiger partial charge in [-0.2, -0.15) is 4.80 Å². The summed E-state index contributed by atoms with van der Waals surface area (Å²) in [5, 5.41) is 11.6. The molecule has 0 unspecified atom stereocenters. The van der Waals surface area contributed by atoms with E-state index in [9.17, 15) is 13.6 Å². The number of carbonyl (C=O) groups is 1. The van der Waals surface area contributed by atoms with Crippen LogP contribution in [-0.4, -0.2) is 26.1 Å². The van der Waals surface area contributed by atoms with Crippen molar-refractivity contribution in [2.75, 3.05) is 0 Å². The third-order valence-corrected chi connectivity index (χ3v) is 3.73. The Hall–Kier alpha value is -2.87. The molecule has 0 radical (unpaired) electrons. The number of hydrogen-bond acceptors (Lipinski definition) is 4. The molecule has 2 aromatic carbocycles. The molecule has 3 rings (SSSR count). The highest BCUT2D eigenvalue weighted by Gasteiger charge is 2.19. The number of halogens is 3. The Balaban J connectivity index is 2.17. The summed E-state index contributed by atoms with van der Waals surface area (Å²) in [6, 6.07) is 6.76. The van der Waals surface area contributed by atoms with E-state index in [1.54, 1.807) is 13.1 Å². The number of amides is 1. The molecule has 0 aliphatic rings. The van der Waals surface area contributed by atoms with Crippen molar-refractivity contribution in [1.82, 2.24) is 20.2 Å². The average molecular weight is 364 g/mol. The number of rotatable bonds is 4. The molecule has 1 heterocycles. The lowest BCUT2D eigenvalue weighted by Gasteiger charge is -2.10. The van der Waals surface area contributed by atoms with E-state index in [4.69, 9.17) is 17.3 Å². The van der Waals surface area contributed by atoms with Crippen LogP contribution in [0.15, 0.2) is 30.3 Å². The van der Waals surface area contributed by atoms with Crippen molar-refractivity contribution in [3.05, 3.63) is 52.6 Å². The van der Waals surface area contributed by atoms with Crippen LogP contribution in [0.1, 0.15) is 5.56 Å². The summed E-state index contributed by atoms with van der Waals surface area (Å²) in [5.41, 5.74) is 5.96. The fourth-order valence-corrected chi connectivity index (χ4v) is 2.66. The van der Waals surface area contributed by atoms with Gasteiger partial charge in [0.25, 0.3) is 0 Å². The van der Waals surface area contributed by atoms with Gasteiger partial charge in [0.05, 0.1) is 19.0 Å². The highest BCUT2D eigenvalue weighted by molar-refractivity contribution is 6.31. The highest BCUT2D eigenvalue weighted by Crippen LogP contribution is 2.35. The van der Waals surface area contributed by atoms with Gasteiger partial charge in [0, 0.05) is 5.02 Å². The largest absolute Gasteiger partial charge is 0.369 e. The van der Waals surface area contributed by atoms with E-state index in [1.807, 2.05) is 0 Å². The Labute approximate surface area is 146 Å². The van der Waals surface area contributed by atoms with E-state index in [0.29, 0.717) is 11.1 Å². The minimum atomic E-state index is -0.655. The number of tetrazole rings is 1. The average Bonchev–Trinajstić information content (AvgIpc) is 2.94. The lowest BCUT2D eigenvalue weighted by molar-refractivity contribution is -0.117. The van der Waals surface area contributed by atoms with Gasteiger partial charge in [0.1, 0.15) is 11.6 Å². The van der Waals surface area contributed by atoms with E-state index in [-0.39, 0.29) is 28.4 Å². The predicted molar refractivity (Wildman–Crippen MR) is 87.5 cm³/mol. The van der Waals surface area contributed by atoms with Gasteiger partial charge in [-0.25, -0.2) is 8.78 Å². The number of primary amides is 1. The summed E-state index contributed by atoms with van der Waals surface area (Å²) in [4.78, 5) is 12.2. The Bertz CT molecular complexity index is 973. The number of aromatic nitrogens is 4. The molecular weight excluding hydrogens is 352 g/mol. The summed E-state index contributed by atoms with van der Waals surface area (Å²) in [6.45, 7) is 0. The van der Waals surface area contributed by atoms with Crippen LogP contribution < -0.4 is 5.73 Å². The topological polar surface area (TPSA) is 86.7 Å². The van der Waals surface area contributed by atoms with E-state index in [0.717, 1.165) is 6.07 Å². The number of aryl methyl sites for hydroxylation is 1. The SMILES string of the molecule is Cn1nnc(-c2c(F)cc(Cl)cc2-c2ccc(CC(N)=O)c(F)c2)n1. The van der Waals surface area contributed by atoms with Gasteiger partial charge in [-0.05, 0) is 40.1 Å². The summed E-state index contributed by atoms with van der Waals surface area (Å²) in [5.74, 6) is -1.88. The van der Waals surface area contributed by atoms with Crippen LogP contribution in [0.5, 0.6) is 0 Å². The Kier molecular flexibility index (Phi) is 4.45. The molecule has 6 nitrogen and oxygen atoms in total. The molecule has 1 amide bonds. The molecule has 0 atom stereocenters. The maximum Gasteiger partial charge on any atom is 0.221 e. The van der Waals surface area contributed by atoms with E-state index in [1.165, 1.54) is 23.0 Å². The highest BCUT2D eigenvalue weighted by atomic mass is 35.5. The molecule has 0 aliphatic carbocycles. The van der Waals surface area contributed by atoms with Gasteiger partial charge in [0.2, 0.25) is 11.7 Å². The second-order valence-corrected chi connectivity index (χ2v) is 5.80. The smallest absolute Gasteiger partial charge is 0.221 e. The van der Waals surface area contributed by atoms with Crippen molar-refractivity contribution < 1.29 is 13.6 Å². The van der Waals surface area contributed by atoms with Crippen molar-refractivity contribution in [1.29, 1.82) is 0 Å². The molecule has 0 spiro atoms. The molecule has 9 heteroatoms. The number of benzene rings is 2. The Morgan fingerprint density at radius 1 is 1.24 bits per heavy atom. The second kappa shape index (κ2) is 6.56. The molecule has 0 aliphatic heterocycles. The molecule has 0 saturated heterocycles. The molecular formula is C16H12ClF2N5O. The van der Waals surface area contributed by atoms with Crippen molar-refractivity contribution in [3.8, 4) is 22.5 Å². The summed E-state index contributed by atoms with van der Waals surface area (Å²) >= 11 is 5.95. The third kappa shape index (κ3) is 3.48. The first-order chi connectivity index (χ1) is 11.8. The minimum absolute atomic E-state index is 0.0493. The summed E-state index contributed by atoms with van der Waals surface area (Å²) in [7, 11) is 1.54. The molecule has 1 aromatic heterocycles. The fraction of sp³-hybridized carbons (Fsp3) is 0.125. The first kappa shape index (κ1) is 17.0. The van der Waals surface area contributed by atoms with Crippen LogP contribution in [0.2, 0.25) is 5.02 Å². The third-order valence-electron chi connectivity index (χ3n) is 3.52. The van der Waals surface area contributed by atoms with Crippen molar-refractivity contribution in [2.24, 2.45) is 12.8 Å². The zero-order chi connectivity index (χ0) is 18.1. The lowest BCUT2D eigenvalue weighted by atomic mass is 9.97. The van der Waals surface area contributed by atoms with Crippen LogP contribution in [0.4, 0.5) is 8.78 Å². The number of nitrogens with two attached hydrogens (primary N) is 1. The molecule has 0 bridgehead atoms. The maximum absolute atomic E-state index is 14.5. The fourth-order valence-electron chi connectivity index (χ4n) is 2.46. The van der Waals surface area contributed by atoms with Crippen LogP contribution in [0, 0.1) is 11.6 Å². The molecule has 2 N–H and O–H groups in total. The minimum Gasteiger partial charge on any atom is -0.369 e. The van der Waals surface area contributed by atoms with Crippen LogP contribution in [0.25, 0.3) is 22.5 Å². The zero-order valence-electron chi connectivity index (χ0n) is 13.0. The Morgan fingerprint density at radius 3 is 2.60 bits per heavy atom. The molecule has 3 aromatic rings. The second-order valence-electron chi connectivity index (χ2n) is 5.36. The first-order valence-electron chi connectivity index (χ1n) is 7.15.